The van der Waals surface area contributed by atoms with E-state index in [0.717, 1.165) is 36.9 Å². The third-order valence-electron chi connectivity index (χ3n) is 3.70. The van der Waals surface area contributed by atoms with Crippen LogP contribution < -0.4 is 15.8 Å². The number of aryl methyl sites for hydroxylation is 2. The molecule has 0 aliphatic carbocycles. The van der Waals surface area contributed by atoms with Crippen molar-refractivity contribution in [3.8, 4) is 5.75 Å². The first-order valence-electron chi connectivity index (χ1n) is 6.99. The number of primary amides is 1. The minimum atomic E-state index is -0.859. The quantitative estimate of drug-likeness (QED) is 0.789. The van der Waals surface area contributed by atoms with Gasteiger partial charge in [-0.25, -0.2) is 4.79 Å². The van der Waals surface area contributed by atoms with Gasteiger partial charge in [0.05, 0.1) is 6.10 Å². The first kappa shape index (κ1) is 14.8. The van der Waals surface area contributed by atoms with Gasteiger partial charge in [0.15, 0.2) is 0 Å². The Kier molecular flexibility index (Phi) is 4.62. The van der Waals surface area contributed by atoms with Crippen LogP contribution in [-0.4, -0.2) is 23.8 Å². The summed E-state index contributed by atoms with van der Waals surface area (Å²) >= 11 is 0. The van der Waals surface area contributed by atoms with E-state index in [2.05, 4.69) is 5.32 Å². The van der Waals surface area contributed by atoms with Crippen LogP contribution in [-0.2, 0) is 0 Å². The number of hydrogen-bond donors (Lipinski definition) is 3. The molecule has 110 valence electrons. The number of aliphatic hydroxyl groups excluding tert-OH is 1. The average molecular weight is 278 g/mol. The van der Waals surface area contributed by atoms with Crippen LogP contribution in [0.2, 0.25) is 0 Å². The first-order valence-corrected chi connectivity index (χ1v) is 6.99. The molecule has 1 aliphatic rings. The predicted molar refractivity (Wildman–Crippen MR) is 76.7 cm³/mol. The lowest BCUT2D eigenvalue weighted by atomic mass is 9.92. The van der Waals surface area contributed by atoms with E-state index < -0.39 is 12.2 Å². The van der Waals surface area contributed by atoms with E-state index in [0.29, 0.717) is 11.3 Å². The fraction of sp³-hybridized carbons (Fsp3) is 0.533. The topological polar surface area (TPSA) is 84.6 Å². The second-order valence-electron chi connectivity index (χ2n) is 5.42. The molecule has 2 atom stereocenters. The summed E-state index contributed by atoms with van der Waals surface area (Å²) in [5, 5.41) is 13.9. The van der Waals surface area contributed by atoms with Crippen LogP contribution in [0.3, 0.4) is 0 Å². The van der Waals surface area contributed by atoms with Gasteiger partial charge in [-0.1, -0.05) is 18.1 Å². The predicted octanol–water partition coefficient (Wildman–Crippen LogP) is 1.94. The highest BCUT2D eigenvalue weighted by molar-refractivity contribution is 5.69. The van der Waals surface area contributed by atoms with Gasteiger partial charge < -0.3 is 20.9 Å². The molecule has 1 amide bonds. The second-order valence-corrected chi connectivity index (χ2v) is 5.42. The average Bonchev–Trinajstić information content (AvgIpc) is 2.41. The number of nitrogens with two attached hydrogens (primary N) is 1. The number of rotatable bonds is 3. The molecule has 1 heterocycles. The summed E-state index contributed by atoms with van der Waals surface area (Å²) in [5.74, 6) is 0.378. The molecule has 0 radical (unpaired) electrons. The minimum Gasteiger partial charge on any atom is -0.410 e. The molecule has 0 spiro atoms. The van der Waals surface area contributed by atoms with Gasteiger partial charge in [0.25, 0.3) is 0 Å². The number of amides is 1. The van der Waals surface area contributed by atoms with Gasteiger partial charge in [-0.15, -0.1) is 0 Å². The Balaban J connectivity index is 2.34. The molecule has 1 saturated heterocycles. The molecule has 0 aromatic heterocycles. The zero-order chi connectivity index (χ0) is 14.7. The Morgan fingerprint density at radius 1 is 1.45 bits per heavy atom. The van der Waals surface area contributed by atoms with Crippen molar-refractivity contribution in [1.82, 2.24) is 5.32 Å². The molecule has 1 aromatic carbocycles. The highest BCUT2D eigenvalue weighted by atomic mass is 16.5. The van der Waals surface area contributed by atoms with E-state index in [1.54, 1.807) is 0 Å². The van der Waals surface area contributed by atoms with Gasteiger partial charge in [-0.3, -0.25) is 0 Å². The standard InChI is InChI=1S/C15H22N2O3/c1-9-7-10(2)14(20-15(16)19)11(8-9)13(18)12-5-3-4-6-17-12/h7-8,12-13,17-18H,3-6H2,1-2H3,(H2,16,19). The SMILES string of the molecule is Cc1cc(C)c(OC(N)=O)c(C(O)C2CCCCN2)c1. The summed E-state index contributed by atoms with van der Waals surface area (Å²) in [5.41, 5.74) is 7.56. The van der Waals surface area contributed by atoms with Gasteiger partial charge in [-0.05, 0) is 44.9 Å². The van der Waals surface area contributed by atoms with Crippen molar-refractivity contribution in [3.05, 3.63) is 28.8 Å². The molecule has 4 N–H and O–H groups in total. The zero-order valence-electron chi connectivity index (χ0n) is 12.0. The van der Waals surface area contributed by atoms with Gasteiger partial charge in [0.2, 0.25) is 0 Å². The van der Waals surface area contributed by atoms with Crippen LogP contribution in [0.5, 0.6) is 5.75 Å². The van der Waals surface area contributed by atoms with E-state index in [9.17, 15) is 9.90 Å². The van der Waals surface area contributed by atoms with Crippen molar-refractivity contribution >= 4 is 6.09 Å². The lowest BCUT2D eigenvalue weighted by Crippen LogP contribution is -2.39. The van der Waals surface area contributed by atoms with Gasteiger partial charge in [-0.2, -0.15) is 0 Å². The second kappa shape index (κ2) is 6.24. The van der Waals surface area contributed by atoms with Crippen molar-refractivity contribution in [1.29, 1.82) is 0 Å². The molecule has 1 fully saturated rings. The highest BCUT2D eigenvalue weighted by Crippen LogP contribution is 2.33. The molecule has 1 aromatic rings. The number of benzene rings is 1. The van der Waals surface area contributed by atoms with E-state index >= 15 is 0 Å². The number of carbonyl (C=O) groups is 1. The Bertz CT molecular complexity index is 496. The highest BCUT2D eigenvalue weighted by Gasteiger charge is 2.26. The smallest absolute Gasteiger partial charge is 0.409 e. The van der Waals surface area contributed by atoms with Crippen LogP contribution in [0, 0.1) is 13.8 Å². The molecule has 0 bridgehead atoms. The van der Waals surface area contributed by atoms with E-state index in [1.165, 1.54) is 0 Å². The Hall–Kier alpha value is -1.59. The summed E-state index contributed by atoms with van der Waals surface area (Å²) < 4.78 is 5.09. The lowest BCUT2D eigenvalue weighted by molar-refractivity contribution is 0.111. The van der Waals surface area contributed by atoms with Crippen molar-refractivity contribution in [2.24, 2.45) is 5.73 Å². The number of nitrogens with one attached hydrogen (secondary N) is 1. The zero-order valence-corrected chi connectivity index (χ0v) is 12.0. The van der Waals surface area contributed by atoms with Crippen molar-refractivity contribution in [3.63, 3.8) is 0 Å². The maximum absolute atomic E-state index is 11.1. The summed E-state index contributed by atoms with van der Waals surface area (Å²) in [4.78, 5) is 11.1. The Morgan fingerprint density at radius 3 is 2.80 bits per heavy atom. The minimum absolute atomic E-state index is 0.0137. The fourth-order valence-electron chi connectivity index (χ4n) is 2.81. The van der Waals surface area contributed by atoms with Crippen molar-refractivity contribution in [2.45, 2.75) is 45.3 Å². The summed E-state index contributed by atoms with van der Waals surface area (Å²) in [6, 6.07) is 3.75. The molecule has 5 heteroatoms. The van der Waals surface area contributed by atoms with Crippen LogP contribution in [0.25, 0.3) is 0 Å². The van der Waals surface area contributed by atoms with Gasteiger partial charge in [0, 0.05) is 11.6 Å². The van der Waals surface area contributed by atoms with Crippen LogP contribution >= 0.6 is 0 Å². The monoisotopic (exact) mass is 278 g/mol. The largest absolute Gasteiger partial charge is 0.410 e. The van der Waals surface area contributed by atoms with Crippen LogP contribution in [0.15, 0.2) is 12.1 Å². The van der Waals surface area contributed by atoms with Crippen LogP contribution in [0.1, 0.15) is 42.1 Å². The normalized spacial score (nSPS) is 20.4. The van der Waals surface area contributed by atoms with Crippen molar-refractivity contribution in [2.75, 3.05) is 6.54 Å². The number of hydrogen-bond acceptors (Lipinski definition) is 4. The Morgan fingerprint density at radius 2 is 2.20 bits per heavy atom. The van der Waals surface area contributed by atoms with E-state index in [-0.39, 0.29) is 6.04 Å². The summed E-state index contributed by atoms with van der Waals surface area (Å²) in [6.07, 6.45) is 1.56. The molecule has 2 rings (SSSR count). The molecule has 5 nitrogen and oxygen atoms in total. The molecule has 20 heavy (non-hydrogen) atoms. The molecule has 2 unspecified atom stereocenters. The van der Waals surface area contributed by atoms with E-state index in [4.69, 9.17) is 10.5 Å². The summed E-state index contributed by atoms with van der Waals surface area (Å²) in [6.45, 7) is 4.69. The molecule has 1 aliphatic heterocycles. The number of aliphatic hydroxyl groups is 1. The number of ether oxygens (including phenoxy) is 1. The molecular formula is C15H22N2O3. The van der Waals surface area contributed by atoms with Gasteiger partial charge >= 0.3 is 6.09 Å². The maximum atomic E-state index is 11.1. The Labute approximate surface area is 119 Å². The maximum Gasteiger partial charge on any atom is 0.409 e. The third kappa shape index (κ3) is 3.29. The van der Waals surface area contributed by atoms with Crippen molar-refractivity contribution < 1.29 is 14.6 Å². The molecular weight excluding hydrogens is 256 g/mol. The lowest BCUT2D eigenvalue weighted by Gasteiger charge is -2.29. The van der Waals surface area contributed by atoms with Gasteiger partial charge in [0.1, 0.15) is 5.75 Å². The third-order valence-corrected chi connectivity index (χ3v) is 3.70. The van der Waals surface area contributed by atoms with E-state index in [1.807, 2.05) is 26.0 Å². The van der Waals surface area contributed by atoms with Crippen LogP contribution in [0.4, 0.5) is 4.79 Å². The first-order chi connectivity index (χ1) is 9.49. The molecule has 0 saturated carbocycles. The fourth-order valence-corrected chi connectivity index (χ4v) is 2.81. The number of carbonyl (C=O) groups excluding carboxylic acids is 1. The summed E-state index contributed by atoms with van der Waals surface area (Å²) in [7, 11) is 0. The number of piperidine rings is 1.